The van der Waals surface area contributed by atoms with Crippen LogP contribution in [-0.2, 0) is 6.61 Å². The summed E-state index contributed by atoms with van der Waals surface area (Å²) in [4.78, 5) is 7.37. The lowest BCUT2D eigenvalue weighted by molar-refractivity contribution is 0.278. The van der Waals surface area contributed by atoms with Crippen molar-refractivity contribution < 1.29 is 9.50 Å². The van der Waals surface area contributed by atoms with Crippen molar-refractivity contribution in [1.82, 2.24) is 9.97 Å². The number of benzene rings is 1. The van der Waals surface area contributed by atoms with Crippen LogP contribution in [0.25, 0.3) is 22.2 Å². The normalized spacial score (nSPS) is 11.1. The Morgan fingerprint density at radius 3 is 2.89 bits per heavy atom. The van der Waals surface area contributed by atoms with E-state index in [1.165, 1.54) is 12.1 Å². The number of fused-ring (bicyclic) bond motifs is 1. The second kappa shape index (κ2) is 4.51. The predicted octanol–water partition coefficient (Wildman–Crippen LogP) is 1.12. The van der Waals surface area contributed by atoms with E-state index in [4.69, 9.17) is 0 Å². The summed E-state index contributed by atoms with van der Waals surface area (Å²) in [6.45, 7) is -0.138. The summed E-state index contributed by atoms with van der Waals surface area (Å²) in [6.07, 6.45) is 1.76. The van der Waals surface area contributed by atoms with Gasteiger partial charge in [-0.25, -0.2) is 9.37 Å². The van der Waals surface area contributed by atoms with Crippen molar-refractivity contribution in [2.24, 2.45) is 0 Å². The van der Waals surface area contributed by atoms with Crippen LogP contribution in [0.3, 0.4) is 0 Å². The molecule has 3 aromatic rings. The fourth-order valence-electron chi connectivity index (χ4n) is 2.32. The van der Waals surface area contributed by atoms with Crippen molar-refractivity contribution in [3.63, 3.8) is 0 Å². The minimum Gasteiger partial charge on any atom is -0.390 e. The van der Waals surface area contributed by atoms with Crippen molar-refractivity contribution in [3.8, 4) is 11.1 Å². The van der Waals surface area contributed by atoms with Crippen molar-refractivity contribution in [2.45, 2.75) is 6.61 Å². The van der Waals surface area contributed by atoms with Crippen LogP contribution < -0.4 is 5.46 Å². The van der Waals surface area contributed by atoms with Gasteiger partial charge in [0.25, 0.3) is 0 Å². The van der Waals surface area contributed by atoms with Crippen LogP contribution in [0.5, 0.6) is 0 Å². The van der Waals surface area contributed by atoms with E-state index in [1.807, 2.05) is 20.0 Å². The highest BCUT2D eigenvalue weighted by Gasteiger charge is 2.14. The molecule has 0 amide bonds. The Balaban J connectivity index is 2.34. The molecule has 0 fully saturated rings. The maximum Gasteiger partial charge on any atom is 0.141 e. The molecule has 0 aliphatic carbocycles. The number of aromatic nitrogens is 2. The molecule has 1 aromatic carbocycles. The van der Waals surface area contributed by atoms with Gasteiger partial charge in [0.2, 0.25) is 0 Å². The summed E-state index contributed by atoms with van der Waals surface area (Å²) in [5.74, 6) is -0.295. The number of hydrogen-bond donors (Lipinski definition) is 2. The summed E-state index contributed by atoms with van der Waals surface area (Å²) in [6, 6.07) is 8.34. The Morgan fingerprint density at radius 1 is 1.32 bits per heavy atom. The third kappa shape index (κ3) is 2.02. The Bertz CT molecular complexity index is 754. The molecule has 2 heterocycles. The third-order valence-electron chi connectivity index (χ3n) is 3.14. The fraction of sp³-hybridized carbons (Fsp3) is 0.0714. The Kier molecular flexibility index (Phi) is 2.83. The number of rotatable bonds is 2. The van der Waals surface area contributed by atoms with Crippen LogP contribution in [0.2, 0.25) is 0 Å². The van der Waals surface area contributed by atoms with Gasteiger partial charge in [-0.1, -0.05) is 23.7 Å². The van der Waals surface area contributed by atoms with E-state index < -0.39 is 0 Å². The lowest BCUT2D eigenvalue weighted by Gasteiger charge is -2.03. The number of nitrogens with one attached hydrogen (secondary N) is 1. The van der Waals surface area contributed by atoms with Gasteiger partial charge in [0, 0.05) is 17.1 Å². The average Bonchev–Trinajstić information content (AvgIpc) is 2.76. The van der Waals surface area contributed by atoms with E-state index in [0.29, 0.717) is 11.3 Å². The summed E-state index contributed by atoms with van der Waals surface area (Å²) in [7, 11) is 1.95. The van der Waals surface area contributed by atoms with Gasteiger partial charge in [-0.3, -0.25) is 0 Å². The van der Waals surface area contributed by atoms with E-state index in [1.54, 1.807) is 12.3 Å². The van der Waals surface area contributed by atoms with Gasteiger partial charge in [0.1, 0.15) is 19.3 Å². The zero-order valence-corrected chi connectivity index (χ0v) is 10.4. The first-order chi connectivity index (χ1) is 9.19. The molecular weight excluding hydrogens is 242 g/mol. The van der Waals surface area contributed by atoms with Crippen LogP contribution in [0.1, 0.15) is 5.69 Å². The van der Waals surface area contributed by atoms with Crippen LogP contribution in [-0.4, -0.2) is 22.9 Å². The molecule has 3 rings (SSSR count). The Labute approximate surface area is 110 Å². The lowest BCUT2D eigenvalue weighted by Crippen LogP contribution is -2.01. The smallest absolute Gasteiger partial charge is 0.141 e. The quantitative estimate of drug-likeness (QED) is 0.673. The first-order valence-corrected chi connectivity index (χ1v) is 6.03. The van der Waals surface area contributed by atoms with Crippen LogP contribution in [0.4, 0.5) is 4.39 Å². The molecule has 0 spiro atoms. The Hall–Kier alpha value is -2.14. The van der Waals surface area contributed by atoms with Crippen LogP contribution >= 0.6 is 0 Å². The molecule has 0 bridgehead atoms. The highest BCUT2D eigenvalue weighted by Crippen LogP contribution is 2.31. The second-order valence-corrected chi connectivity index (χ2v) is 4.56. The minimum absolute atomic E-state index is 0.138. The monoisotopic (exact) mass is 254 g/mol. The summed E-state index contributed by atoms with van der Waals surface area (Å²) < 4.78 is 13.4. The molecule has 0 saturated heterocycles. The molecule has 2 N–H and O–H groups in total. The number of nitrogens with zero attached hydrogens (tertiary/aromatic N) is 1. The van der Waals surface area contributed by atoms with Gasteiger partial charge >= 0.3 is 0 Å². The molecule has 94 valence electrons. The summed E-state index contributed by atoms with van der Waals surface area (Å²) in [5.41, 5.74) is 3.93. The number of H-pyrrole nitrogens is 1. The maximum absolute atomic E-state index is 13.4. The number of aliphatic hydroxyl groups is 1. The van der Waals surface area contributed by atoms with Crippen molar-refractivity contribution in [1.29, 1.82) is 0 Å². The number of pyridine rings is 1. The second-order valence-electron chi connectivity index (χ2n) is 4.56. The molecule has 0 aliphatic heterocycles. The Morgan fingerprint density at radius 2 is 2.16 bits per heavy atom. The third-order valence-corrected chi connectivity index (χ3v) is 3.14. The zero-order chi connectivity index (χ0) is 13.4. The molecule has 3 nitrogen and oxygen atoms in total. The highest BCUT2D eigenvalue weighted by molar-refractivity contribution is 6.33. The molecule has 0 unspecified atom stereocenters. The van der Waals surface area contributed by atoms with Crippen LogP contribution in [0, 0.1) is 5.82 Å². The number of aromatic amines is 1. The van der Waals surface area contributed by atoms with E-state index in [2.05, 4.69) is 9.97 Å². The molecule has 19 heavy (non-hydrogen) atoms. The van der Waals surface area contributed by atoms with Gasteiger partial charge in [0.05, 0.1) is 12.3 Å². The number of halogens is 1. The van der Waals surface area contributed by atoms with E-state index in [0.717, 1.165) is 22.0 Å². The summed E-state index contributed by atoms with van der Waals surface area (Å²) in [5, 5.41) is 10.4. The first-order valence-electron chi connectivity index (χ1n) is 6.03. The largest absolute Gasteiger partial charge is 0.390 e. The van der Waals surface area contributed by atoms with Gasteiger partial charge in [-0.2, -0.15) is 0 Å². The lowest BCUT2D eigenvalue weighted by atomic mass is 9.95. The van der Waals surface area contributed by atoms with Gasteiger partial charge in [-0.05, 0) is 17.7 Å². The maximum atomic E-state index is 13.4. The first kappa shape index (κ1) is 11.9. The minimum atomic E-state index is -0.295. The molecule has 0 aliphatic rings. The van der Waals surface area contributed by atoms with E-state index in [-0.39, 0.29) is 12.4 Å². The number of hydrogen-bond acceptors (Lipinski definition) is 2. The molecule has 0 atom stereocenters. The molecule has 2 aromatic heterocycles. The van der Waals surface area contributed by atoms with Gasteiger partial charge < -0.3 is 10.1 Å². The molecule has 5 heteroatoms. The predicted molar refractivity (Wildman–Crippen MR) is 75.6 cm³/mol. The molecular formula is C14H12BFN2O. The van der Waals surface area contributed by atoms with Crippen molar-refractivity contribution in [3.05, 3.63) is 48.0 Å². The van der Waals surface area contributed by atoms with Crippen molar-refractivity contribution >= 4 is 24.3 Å². The van der Waals surface area contributed by atoms with Gasteiger partial charge in [-0.15, -0.1) is 0 Å². The van der Waals surface area contributed by atoms with Crippen molar-refractivity contribution in [2.75, 3.05) is 0 Å². The zero-order valence-electron chi connectivity index (χ0n) is 10.4. The van der Waals surface area contributed by atoms with E-state index >= 15 is 0 Å². The van der Waals surface area contributed by atoms with Crippen LogP contribution in [0.15, 0.2) is 36.5 Å². The molecule has 0 saturated carbocycles. The molecule has 0 radical (unpaired) electrons. The topological polar surface area (TPSA) is 48.9 Å². The highest BCUT2D eigenvalue weighted by atomic mass is 19.1. The fourth-order valence-corrected chi connectivity index (χ4v) is 2.32. The van der Waals surface area contributed by atoms with E-state index in [9.17, 15) is 9.50 Å². The summed E-state index contributed by atoms with van der Waals surface area (Å²) >= 11 is 0. The van der Waals surface area contributed by atoms with Gasteiger partial charge in [0.15, 0.2) is 0 Å². The SMILES string of the molecule is Bc1cnc2[nH]c(CO)c(-c3cccc(F)c3)c2c1. The number of aliphatic hydroxyl groups excluding tert-OH is 1. The standard InChI is InChI=1S/C14H12BFN2O/c15-9-5-11-13(8-2-1-3-10(16)4-8)12(7-19)18-14(11)17-6-9/h1-6,19H,7,15H2,(H,17,18). The average molecular weight is 254 g/mol.